The maximum atomic E-state index is 9.39. The van der Waals surface area contributed by atoms with Crippen LogP contribution in [0.3, 0.4) is 0 Å². The van der Waals surface area contributed by atoms with E-state index in [9.17, 15) is 5.11 Å². The molecule has 0 aromatic heterocycles. The monoisotopic (exact) mass is 188 g/mol. The summed E-state index contributed by atoms with van der Waals surface area (Å²) in [6.07, 6.45) is 4.34. The van der Waals surface area contributed by atoms with Crippen LogP contribution in [0.25, 0.3) is 0 Å². The molecular formula is C13H16O. The molecule has 1 nitrogen and oxygen atoms in total. The first kappa shape index (κ1) is 10.8. The zero-order valence-electron chi connectivity index (χ0n) is 8.91. The summed E-state index contributed by atoms with van der Waals surface area (Å²) in [6, 6.07) is 7.78. The van der Waals surface area contributed by atoms with E-state index in [2.05, 4.69) is 26.7 Å². The van der Waals surface area contributed by atoms with Gasteiger partial charge in [-0.25, -0.2) is 0 Å². The van der Waals surface area contributed by atoms with Crippen LogP contribution in [-0.2, 0) is 5.41 Å². The Morgan fingerprint density at radius 2 is 1.71 bits per heavy atom. The van der Waals surface area contributed by atoms with Crippen LogP contribution >= 0.6 is 0 Å². The number of benzene rings is 1. The summed E-state index contributed by atoms with van der Waals surface area (Å²) in [5, 5.41) is 9.39. The number of aliphatic hydroxyl groups is 1. The van der Waals surface area contributed by atoms with Gasteiger partial charge >= 0.3 is 0 Å². The molecule has 1 rings (SSSR count). The fraction of sp³-hybridized carbons (Fsp3) is 0.385. The largest absolute Gasteiger partial charge is 0.376 e. The van der Waals surface area contributed by atoms with Crippen molar-refractivity contribution in [2.24, 2.45) is 0 Å². The highest BCUT2D eigenvalue weighted by atomic mass is 16.3. The quantitative estimate of drug-likeness (QED) is 0.672. The summed E-state index contributed by atoms with van der Waals surface area (Å²) < 4.78 is 0. The molecule has 0 bridgehead atoms. The topological polar surface area (TPSA) is 20.2 Å². The van der Waals surface area contributed by atoms with Gasteiger partial charge in [-0.1, -0.05) is 51.0 Å². The van der Waals surface area contributed by atoms with Gasteiger partial charge in [-0.2, -0.15) is 0 Å². The zero-order valence-corrected chi connectivity index (χ0v) is 8.91. The van der Waals surface area contributed by atoms with E-state index in [0.29, 0.717) is 0 Å². The van der Waals surface area contributed by atoms with Crippen LogP contribution in [0.2, 0.25) is 0 Å². The molecular weight excluding hydrogens is 172 g/mol. The lowest BCUT2D eigenvalue weighted by molar-refractivity contribution is 0.238. The molecule has 0 saturated heterocycles. The van der Waals surface area contributed by atoms with E-state index in [0.717, 1.165) is 5.56 Å². The Labute approximate surface area is 85.8 Å². The standard InChI is InChI=1S/C13H16O/c1-5-12(14)10-6-8-11(9-7-10)13(2,3)4/h1,6-9,12,14H,2-4H3/t12-/m1/s1. The Hall–Kier alpha value is -1.26. The van der Waals surface area contributed by atoms with Crippen LogP contribution in [0.1, 0.15) is 38.0 Å². The third-order valence-corrected chi connectivity index (χ3v) is 2.25. The normalized spacial score (nSPS) is 13.4. The average Bonchev–Trinajstić information content (AvgIpc) is 2.15. The van der Waals surface area contributed by atoms with E-state index in [1.54, 1.807) is 0 Å². The van der Waals surface area contributed by atoms with Crippen LogP contribution in [0.4, 0.5) is 0 Å². The second-order valence-electron chi connectivity index (χ2n) is 4.44. The Morgan fingerprint density at radius 1 is 1.21 bits per heavy atom. The molecule has 1 N–H and O–H groups in total. The molecule has 74 valence electrons. The van der Waals surface area contributed by atoms with Gasteiger partial charge in [-0.15, -0.1) is 6.42 Å². The minimum absolute atomic E-state index is 0.139. The summed E-state index contributed by atoms with van der Waals surface area (Å²) >= 11 is 0. The Balaban J connectivity index is 2.96. The van der Waals surface area contributed by atoms with Crippen molar-refractivity contribution in [2.45, 2.75) is 32.3 Å². The lowest BCUT2D eigenvalue weighted by Gasteiger charge is -2.19. The Bertz CT molecular complexity index is 335. The highest BCUT2D eigenvalue weighted by Gasteiger charge is 2.13. The fourth-order valence-corrected chi connectivity index (χ4v) is 1.26. The molecule has 1 atom stereocenters. The van der Waals surface area contributed by atoms with E-state index in [-0.39, 0.29) is 5.41 Å². The number of aliphatic hydroxyl groups excluding tert-OH is 1. The van der Waals surface area contributed by atoms with Gasteiger partial charge in [0.15, 0.2) is 0 Å². The molecule has 0 spiro atoms. The molecule has 1 heteroatoms. The molecule has 1 aromatic carbocycles. The first-order valence-electron chi connectivity index (χ1n) is 4.70. The van der Waals surface area contributed by atoms with Crippen molar-refractivity contribution in [1.29, 1.82) is 0 Å². The van der Waals surface area contributed by atoms with Crippen molar-refractivity contribution < 1.29 is 5.11 Å². The van der Waals surface area contributed by atoms with Crippen molar-refractivity contribution in [3.63, 3.8) is 0 Å². The highest BCUT2D eigenvalue weighted by molar-refractivity contribution is 5.30. The molecule has 14 heavy (non-hydrogen) atoms. The molecule has 0 radical (unpaired) electrons. The van der Waals surface area contributed by atoms with E-state index in [1.807, 2.05) is 24.3 Å². The van der Waals surface area contributed by atoms with Gasteiger partial charge in [0.25, 0.3) is 0 Å². The van der Waals surface area contributed by atoms with Crippen LogP contribution in [-0.4, -0.2) is 5.11 Å². The van der Waals surface area contributed by atoms with Gasteiger partial charge in [0.05, 0.1) is 0 Å². The average molecular weight is 188 g/mol. The van der Waals surface area contributed by atoms with Crippen LogP contribution in [0.15, 0.2) is 24.3 Å². The molecule has 0 amide bonds. The predicted octanol–water partition coefficient (Wildman–Crippen LogP) is 2.65. The second-order valence-corrected chi connectivity index (χ2v) is 4.44. The predicted molar refractivity (Wildman–Crippen MR) is 58.9 cm³/mol. The lowest BCUT2D eigenvalue weighted by Crippen LogP contribution is -2.10. The van der Waals surface area contributed by atoms with Crippen molar-refractivity contribution in [3.05, 3.63) is 35.4 Å². The summed E-state index contributed by atoms with van der Waals surface area (Å²) in [6.45, 7) is 6.46. The van der Waals surface area contributed by atoms with Crippen molar-refractivity contribution in [2.75, 3.05) is 0 Å². The molecule has 0 fully saturated rings. The van der Waals surface area contributed by atoms with Gasteiger partial charge < -0.3 is 5.11 Å². The van der Waals surface area contributed by atoms with Gasteiger partial charge in [-0.05, 0) is 16.5 Å². The van der Waals surface area contributed by atoms with Gasteiger partial charge in [0.2, 0.25) is 0 Å². The maximum Gasteiger partial charge on any atom is 0.139 e. The van der Waals surface area contributed by atoms with Crippen LogP contribution < -0.4 is 0 Å². The van der Waals surface area contributed by atoms with E-state index in [4.69, 9.17) is 6.42 Å². The van der Waals surface area contributed by atoms with E-state index in [1.165, 1.54) is 5.56 Å². The summed E-state index contributed by atoms with van der Waals surface area (Å²) in [4.78, 5) is 0. The second kappa shape index (κ2) is 3.86. The molecule has 0 aliphatic rings. The SMILES string of the molecule is C#C[C@@H](O)c1ccc(C(C)(C)C)cc1. The molecule has 0 aliphatic heterocycles. The summed E-state index contributed by atoms with van der Waals surface area (Å²) in [7, 11) is 0. The Kier molecular flexibility index (Phi) is 2.98. The number of hydrogen-bond acceptors (Lipinski definition) is 1. The van der Waals surface area contributed by atoms with Crippen molar-refractivity contribution in [3.8, 4) is 12.3 Å². The lowest BCUT2D eigenvalue weighted by atomic mass is 9.86. The molecule has 0 saturated carbocycles. The first-order valence-corrected chi connectivity index (χ1v) is 4.70. The van der Waals surface area contributed by atoms with Crippen LogP contribution in [0, 0.1) is 12.3 Å². The Morgan fingerprint density at radius 3 is 2.07 bits per heavy atom. The first-order chi connectivity index (χ1) is 6.45. The van der Waals surface area contributed by atoms with Gasteiger partial charge in [-0.3, -0.25) is 0 Å². The number of rotatable bonds is 1. The van der Waals surface area contributed by atoms with Crippen molar-refractivity contribution >= 4 is 0 Å². The highest BCUT2D eigenvalue weighted by Crippen LogP contribution is 2.23. The molecule has 0 aliphatic carbocycles. The molecule has 1 aromatic rings. The van der Waals surface area contributed by atoms with Crippen molar-refractivity contribution in [1.82, 2.24) is 0 Å². The zero-order chi connectivity index (χ0) is 10.8. The van der Waals surface area contributed by atoms with Gasteiger partial charge in [0, 0.05) is 0 Å². The summed E-state index contributed by atoms with van der Waals surface area (Å²) in [5.74, 6) is 2.29. The summed E-state index contributed by atoms with van der Waals surface area (Å²) in [5.41, 5.74) is 2.16. The fourth-order valence-electron chi connectivity index (χ4n) is 1.26. The smallest absolute Gasteiger partial charge is 0.139 e. The third-order valence-electron chi connectivity index (χ3n) is 2.25. The van der Waals surface area contributed by atoms with Gasteiger partial charge in [0.1, 0.15) is 6.10 Å². The molecule has 0 heterocycles. The number of hydrogen-bond donors (Lipinski definition) is 1. The minimum Gasteiger partial charge on any atom is -0.376 e. The number of terminal acetylenes is 1. The minimum atomic E-state index is -0.788. The van der Waals surface area contributed by atoms with E-state index >= 15 is 0 Å². The molecule has 0 unspecified atom stereocenters. The third kappa shape index (κ3) is 2.37. The van der Waals surface area contributed by atoms with E-state index < -0.39 is 6.10 Å². The maximum absolute atomic E-state index is 9.39. The van der Waals surface area contributed by atoms with Crippen LogP contribution in [0.5, 0.6) is 0 Å².